The van der Waals surface area contributed by atoms with Crippen molar-refractivity contribution in [3.8, 4) is 17.1 Å². The molecule has 1 aliphatic rings. The number of ether oxygens (including phenoxy) is 1. The van der Waals surface area contributed by atoms with Gasteiger partial charge in [-0.2, -0.15) is 5.10 Å². The fraction of sp³-hybridized carbons (Fsp3) is 0.280. The number of aromatic nitrogens is 5. The van der Waals surface area contributed by atoms with E-state index in [9.17, 15) is 9.90 Å². The Morgan fingerprint density at radius 2 is 2.08 bits per heavy atom. The molecule has 11 nitrogen and oxygen atoms in total. The molecule has 37 heavy (non-hydrogen) atoms. The van der Waals surface area contributed by atoms with Gasteiger partial charge in [0.1, 0.15) is 0 Å². The molecule has 0 bridgehead atoms. The number of nitrogens with zero attached hydrogens (tertiary/aromatic N) is 4. The fourth-order valence-corrected chi connectivity index (χ4v) is 4.48. The summed E-state index contributed by atoms with van der Waals surface area (Å²) in [5.41, 5.74) is 2.80. The fourth-order valence-electron chi connectivity index (χ4n) is 4.23. The minimum atomic E-state index is -0.895. The molecule has 0 saturated heterocycles. The van der Waals surface area contributed by atoms with E-state index < -0.39 is 5.60 Å². The highest BCUT2D eigenvalue weighted by atomic mass is 35.5. The van der Waals surface area contributed by atoms with Crippen molar-refractivity contribution < 1.29 is 14.6 Å². The van der Waals surface area contributed by atoms with Crippen molar-refractivity contribution in [2.45, 2.75) is 32.4 Å². The average Bonchev–Trinajstić information content (AvgIpc) is 3.43. The standard InChI is InChI=1S/C25H27ClN8O3/c1-25(2,36)13-34-12-9-18(33-34)32-24-28-11-8-16(31-24)20-21(19-15(29-20)7-10-27-23(19)35)30-17-6-4-5-14(26)22(17)37-3/h4-6,8-9,11-12,29-30,36H,7,10,13H2,1-3H3,(H,27,35)(H,28,31,32,33). The summed E-state index contributed by atoms with van der Waals surface area (Å²) in [6, 6.07) is 8.89. The molecule has 4 heterocycles. The summed E-state index contributed by atoms with van der Waals surface area (Å²) in [4.78, 5) is 25.2. The van der Waals surface area contributed by atoms with E-state index in [1.165, 1.54) is 7.11 Å². The third-order valence-electron chi connectivity index (χ3n) is 5.74. The van der Waals surface area contributed by atoms with Gasteiger partial charge < -0.3 is 30.8 Å². The molecule has 0 spiro atoms. The van der Waals surface area contributed by atoms with Crippen LogP contribution in [0, 0.1) is 0 Å². The first kappa shape index (κ1) is 24.6. The third kappa shape index (κ3) is 5.23. The van der Waals surface area contributed by atoms with Crippen LogP contribution in [0.5, 0.6) is 5.75 Å². The van der Waals surface area contributed by atoms with Crippen molar-refractivity contribution in [3.05, 3.63) is 59.0 Å². The van der Waals surface area contributed by atoms with Crippen LogP contribution in [0.1, 0.15) is 29.9 Å². The molecule has 0 aliphatic carbocycles. The van der Waals surface area contributed by atoms with Crippen LogP contribution in [0.15, 0.2) is 42.7 Å². The van der Waals surface area contributed by atoms with Gasteiger partial charge in [-0.3, -0.25) is 9.48 Å². The topological polar surface area (TPSA) is 142 Å². The lowest BCUT2D eigenvalue weighted by Gasteiger charge is -2.17. The summed E-state index contributed by atoms with van der Waals surface area (Å²) in [6.45, 7) is 4.31. The molecule has 0 radical (unpaired) electrons. The number of hydrogen-bond acceptors (Lipinski definition) is 8. The molecule has 3 aromatic heterocycles. The number of methoxy groups -OCH3 is 1. The smallest absolute Gasteiger partial charge is 0.255 e. The summed E-state index contributed by atoms with van der Waals surface area (Å²) >= 11 is 6.33. The second-order valence-corrected chi connectivity index (χ2v) is 9.69. The lowest BCUT2D eigenvalue weighted by atomic mass is 10.1. The van der Waals surface area contributed by atoms with Crippen molar-refractivity contribution in [1.82, 2.24) is 30.0 Å². The lowest BCUT2D eigenvalue weighted by Crippen LogP contribution is -2.31. The highest BCUT2D eigenvalue weighted by Gasteiger charge is 2.28. The first-order valence-electron chi connectivity index (χ1n) is 11.7. The second kappa shape index (κ2) is 9.75. The molecule has 5 N–H and O–H groups in total. The molecule has 4 aromatic rings. The van der Waals surface area contributed by atoms with Gasteiger partial charge in [0.05, 0.1) is 52.6 Å². The number of fused-ring (bicyclic) bond motifs is 1. The molecule has 0 fully saturated rings. The predicted octanol–water partition coefficient (Wildman–Crippen LogP) is 3.87. The van der Waals surface area contributed by atoms with E-state index in [0.29, 0.717) is 70.4 Å². The number of anilines is 4. The Kier molecular flexibility index (Phi) is 6.48. The van der Waals surface area contributed by atoms with Crippen molar-refractivity contribution in [3.63, 3.8) is 0 Å². The number of amides is 1. The largest absolute Gasteiger partial charge is 0.493 e. The van der Waals surface area contributed by atoms with Gasteiger partial charge in [-0.05, 0) is 32.0 Å². The van der Waals surface area contributed by atoms with Crippen molar-refractivity contribution in [2.75, 3.05) is 24.3 Å². The van der Waals surface area contributed by atoms with Crippen LogP contribution >= 0.6 is 11.6 Å². The first-order valence-corrected chi connectivity index (χ1v) is 12.1. The van der Waals surface area contributed by atoms with Crippen LogP contribution in [-0.2, 0) is 13.0 Å². The number of benzene rings is 1. The van der Waals surface area contributed by atoms with E-state index in [4.69, 9.17) is 16.3 Å². The van der Waals surface area contributed by atoms with Crippen LogP contribution < -0.4 is 20.7 Å². The quantitative estimate of drug-likeness (QED) is 0.235. The minimum Gasteiger partial charge on any atom is -0.493 e. The first-order chi connectivity index (χ1) is 17.7. The van der Waals surface area contributed by atoms with Gasteiger partial charge in [-0.1, -0.05) is 17.7 Å². The van der Waals surface area contributed by atoms with Crippen LogP contribution in [0.25, 0.3) is 11.4 Å². The molecule has 0 saturated carbocycles. The maximum atomic E-state index is 12.9. The number of para-hydroxylation sites is 1. The van der Waals surface area contributed by atoms with Gasteiger partial charge in [0.25, 0.3) is 5.91 Å². The predicted molar refractivity (Wildman–Crippen MR) is 141 cm³/mol. The zero-order valence-electron chi connectivity index (χ0n) is 20.6. The Morgan fingerprint density at radius 3 is 2.86 bits per heavy atom. The van der Waals surface area contributed by atoms with Gasteiger partial charge in [0.15, 0.2) is 11.6 Å². The van der Waals surface area contributed by atoms with E-state index in [1.807, 2.05) is 6.07 Å². The van der Waals surface area contributed by atoms with Crippen molar-refractivity contribution in [2.24, 2.45) is 0 Å². The molecule has 0 unspecified atom stereocenters. The number of hydrogen-bond donors (Lipinski definition) is 5. The molecule has 192 valence electrons. The van der Waals surface area contributed by atoms with Gasteiger partial charge in [0.2, 0.25) is 5.95 Å². The normalized spacial score (nSPS) is 13.2. The Morgan fingerprint density at radius 1 is 1.24 bits per heavy atom. The van der Waals surface area contributed by atoms with Gasteiger partial charge in [0, 0.05) is 37.1 Å². The molecule has 1 aliphatic heterocycles. The molecule has 0 atom stereocenters. The summed E-state index contributed by atoms with van der Waals surface area (Å²) in [5, 5.41) is 24.3. The zero-order valence-corrected chi connectivity index (χ0v) is 21.3. The Labute approximate surface area is 218 Å². The summed E-state index contributed by atoms with van der Waals surface area (Å²) in [6.07, 6.45) is 4.04. The van der Waals surface area contributed by atoms with Crippen LogP contribution in [0.4, 0.5) is 23.1 Å². The molecule has 1 aromatic carbocycles. The Bertz CT molecular complexity index is 1460. The SMILES string of the molecule is COc1c(Cl)cccc1Nc1c(-c2ccnc(Nc3ccn(CC(C)(C)O)n3)n2)[nH]c2c1C(=O)NCC2. The van der Waals surface area contributed by atoms with Crippen molar-refractivity contribution >= 4 is 40.6 Å². The maximum Gasteiger partial charge on any atom is 0.255 e. The number of nitrogens with one attached hydrogen (secondary N) is 4. The number of halogens is 1. The highest BCUT2D eigenvalue weighted by molar-refractivity contribution is 6.32. The summed E-state index contributed by atoms with van der Waals surface area (Å²) in [7, 11) is 1.54. The second-order valence-electron chi connectivity index (χ2n) is 9.28. The minimum absolute atomic E-state index is 0.183. The van der Waals surface area contributed by atoms with E-state index in [0.717, 1.165) is 5.69 Å². The van der Waals surface area contributed by atoms with Gasteiger partial charge in [-0.15, -0.1) is 0 Å². The van der Waals surface area contributed by atoms with Crippen molar-refractivity contribution in [1.29, 1.82) is 0 Å². The number of carbonyl (C=O) groups is 1. The van der Waals surface area contributed by atoms with E-state index in [-0.39, 0.29) is 5.91 Å². The van der Waals surface area contributed by atoms with Crippen LogP contribution in [0.3, 0.4) is 0 Å². The third-order valence-corrected chi connectivity index (χ3v) is 6.03. The zero-order chi connectivity index (χ0) is 26.2. The summed E-state index contributed by atoms with van der Waals surface area (Å²) in [5.74, 6) is 1.15. The number of rotatable bonds is 8. The monoisotopic (exact) mass is 522 g/mol. The molecule has 1 amide bonds. The van der Waals surface area contributed by atoms with E-state index in [1.54, 1.807) is 55.2 Å². The summed E-state index contributed by atoms with van der Waals surface area (Å²) < 4.78 is 7.14. The van der Waals surface area contributed by atoms with Crippen LogP contribution in [0.2, 0.25) is 5.02 Å². The lowest BCUT2D eigenvalue weighted by molar-refractivity contribution is 0.0578. The van der Waals surface area contributed by atoms with E-state index in [2.05, 4.69) is 36.0 Å². The molecular formula is C25H27ClN8O3. The Balaban J connectivity index is 1.51. The molecular weight excluding hydrogens is 496 g/mol. The molecule has 12 heteroatoms. The Hall–Kier alpha value is -4.09. The van der Waals surface area contributed by atoms with Gasteiger partial charge in [-0.25, -0.2) is 9.97 Å². The molecule has 5 rings (SSSR count). The van der Waals surface area contributed by atoms with Gasteiger partial charge >= 0.3 is 0 Å². The maximum absolute atomic E-state index is 12.9. The average molecular weight is 523 g/mol. The van der Waals surface area contributed by atoms with E-state index >= 15 is 0 Å². The number of aliphatic hydroxyl groups is 1. The number of aromatic amines is 1. The van der Waals surface area contributed by atoms with Crippen LogP contribution in [-0.4, -0.2) is 55.0 Å². The number of carbonyl (C=O) groups excluding carboxylic acids is 1. The highest BCUT2D eigenvalue weighted by Crippen LogP contribution is 2.40. The number of H-pyrrole nitrogens is 1.